The molecule has 0 aromatic heterocycles. The largest absolute Gasteiger partial charge is 0.352 e. The Morgan fingerprint density at radius 1 is 1.08 bits per heavy atom. The highest BCUT2D eigenvalue weighted by Gasteiger charge is 2.18. The van der Waals surface area contributed by atoms with Gasteiger partial charge < -0.3 is 5.23 Å². The van der Waals surface area contributed by atoms with E-state index >= 15 is 0 Å². The lowest BCUT2D eigenvalue weighted by molar-refractivity contribution is 0.714. The van der Waals surface area contributed by atoms with Crippen LogP contribution in [0.15, 0.2) is 30.3 Å². The Morgan fingerprint density at radius 3 is 2.58 bits per heavy atom. The second kappa shape index (κ2) is 3.77. The molecule has 0 unspecified atom stereocenters. The number of benzene rings is 1. The Morgan fingerprint density at radius 2 is 1.92 bits per heavy atom. The van der Waals surface area contributed by atoms with E-state index in [-0.39, 0.29) is 0 Å². The summed E-state index contributed by atoms with van der Waals surface area (Å²) < 4.78 is 0. The van der Waals surface area contributed by atoms with Crippen molar-refractivity contribution in [3.63, 3.8) is 0 Å². The van der Waals surface area contributed by atoms with Gasteiger partial charge in [0.15, 0.2) is 0 Å². The first-order valence-corrected chi connectivity index (χ1v) is 4.75. The summed E-state index contributed by atoms with van der Waals surface area (Å²) in [5.41, 5.74) is 1.44. The lowest BCUT2D eigenvalue weighted by Gasteiger charge is -2.20. The molecule has 1 aromatic rings. The van der Waals surface area contributed by atoms with Crippen LogP contribution in [0, 0.1) is 0 Å². The fraction of sp³-hybridized carbons (Fsp3) is 0.400. The summed E-state index contributed by atoms with van der Waals surface area (Å²) >= 11 is 0. The van der Waals surface area contributed by atoms with Crippen LogP contribution in [0.3, 0.4) is 0 Å². The molecule has 1 saturated heterocycles. The van der Waals surface area contributed by atoms with E-state index in [2.05, 4.69) is 35.6 Å². The van der Waals surface area contributed by atoms with Gasteiger partial charge in [0.05, 0.1) is 0 Å². The zero-order chi connectivity index (χ0) is 8.23. The van der Waals surface area contributed by atoms with Gasteiger partial charge >= 0.3 is 0 Å². The lowest BCUT2D eigenvalue weighted by atomic mass is 9.51. The molecular weight excluding hydrogens is 145 g/mol. The van der Waals surface area contributed by atoms with E-state index in [1.165, 1.54) is 31.2 Å². The van der Waals surface area contributed by atoms with Gasteiger partial charge in [-0.15, -0.1) is 0 Å². The molecule has 1 aliphatic rings. The van der Waals surface area contributed by atoms with Gasteiger partial charge in [-0.25, -0.2) is 0 Å². The minimum Gasteiger partial charge on any atom is -0.352 e. The van der Waals surface area contributed by atoms with Crippen LogP contribution in [0.1, 0.15) is 12.8 Å². The maximum Gasteiger partial charge on any atom is 0.254 e. The van der Waals surface area contributed by atoms with Crippen molar-refractivity contribution in [1.29, 1.82) is 0 Å². The molecule has 1 heterocycles. The summed E-state index contributed by atoms with van der Waals surface area (Å²) in [7, 11) is 0. The summed E-state index contributed by atoms with van der Waals surface area (Å²) in [5.74, 6) is 0. The minimum absolute atomic E-state index is 0.611. The predicted octanol–water partition coefficient (Wildman–Crippen LogP) is 1.27. The number of nitrogens with one attached hydrogen (secondary N) is 1. The van der Waals surface area contributed by atoms with Gasteiger partial charge in [-0.3, -0.25) is 0 Å². The maximum absolute atomic E-state index is 3.54. The van der Waals surface area contributed by atoms with Crippen LogP contribution in [-0.4, -0.2) is 13.4 Å². The molecule has 0 radical (unpaired) electrons. The van der Waals surface area contributed by atoms with Crippen LogP contribution in [-0.2, 0) is 0 Å². The Hall–Kier alpha value is -0.755. The summed E-state index contributed by atoms with van der Waals surface area (Å²) in [6.45, 7) is 1.79. The summed E-state index contributed by atoms with van der Waals surface area (Å²) in [6, 6.07) is 10.7. The third-order valence-electron chi connectivity index (χ3n) is 2.51. The van der Waals surface area contributed by atoms with Crippen LogP contribution in [0.4, 0.5) is 0 Å². The SMILES string of the molecule is c1ccc(B2CCCCN2)cc1. The number of hydrogen-bond acceptors (Lipinski definition) is 1. The average Bonchev–Trinajstić information content (AvgIpc) is 2.21. The fourth-order valence-electron chi connectivity index (χ4n) is 1.82. The first kappa shape index (κ1) is 7.87. The molecule has 0 aliphatic carbocycles. The molecule has 1 aliphatic heterocycles. The van der Waals surface area contributed by atoms with Crippen molar-refractivity contribution in [1.82, 2.24) is 5.23 Å². The van der Waals surface area contributed by atoms with Gasteiger partial charge in [0.1, 0.15) is 0 Å². The predicted molar refractivity (Wildman–Crippen MR) is 53.9 cm³/mol. The molecule has 1 N–H and O–H groups in total. The Kier molecular flexibility index (Phi) is 2.47. The van der Waals surface area contributed by atoms with E-state index in [4.69, 9.17) is 0 Å². The van der Waals surface area contributed by atoms with Crippen molar-refractivity contribution in [2.45, 2.75) is 19.2 Å². The third-order valence-corrected chi connectivity index (χ3v) is 2.51. The van der Waals surface area contributed by atoms with Crippen molar-refractivity contribution in [2.75, 3.05) is 6.54 Å². The lowest BCUT2D eigenvalue weighted by Crippen LogP contribution is -2.47. The van der Waals surface area contributed by atoms with E-state index in [1.807, 2.05) is 0 Å². The molecule has 12 heavy (non-hydrogen) atoms. The van der Waals surface area contributed by atoms with Gasteiger partial charge in [-0.05, 0) is 13.0 Å². The zero-order valence-corrected chi connectivity index (χ0v) is 7.29. The normalized spacial score (nSPS) is 17.8. The molecule has 0 bridgehead atoms. The molecule has 0 atom stereocenters. The van der Waals surface area contributed by atoms with E-state index in [1.54, 1.807) is 0 Å². The highest BCUT2D eigenvalue weighted by molar-refractivity contribution is 6.71. The Labute approximate surface area is 74.3 Å². The smallest absolute Gasteiger partial charge is 0.254 e. The van der Waals surface area contributed by atoms with Crippen LogP contribution < -0.4 is 10.7 Å². The highest BCUT2D eigenvalue weighted by atomic mass is 14.8. The third kappa shape index (κ3) is 1.70. The Bertz CT molecular complexity index is 229. The van der Waals surface area contributed by atoms with Gasteiger partial charge in [0, 0.05) is 0 Å². The molecule has 1 aromatic carbocycles. The molecule has 0 amide bonds. The molecule has 0 spiro atoms. The van der Waals surface area contributed by atoms with Crippen LogP contribution >= 0.6 is 0 Å². The van der Waals surface area contributed by atoms with Crippen molar-refractivity contribution in [3.05, 3.63) is 30.3 Å². The van der Waals surface area contributed by atoms with E-state index < -0.39 is 0 Å². The fourth-order valence-corrected chi connectivity index (χ4v) is 1.82. The summed E-state index contributed by atoms with van der Waals surface area (Å²) in [5, 5.41) is 3.54. The van der Waals surface area contributed by atoms with Crippen molar-refractivity contribution in [3.8, 4) is 0 Å². The summed E-state index contributed by atoms with van der Waals surface area (Å²) in [4.78, 5) is 0. The van der Waals surface area contributed by atoms with Crippen LogP contribution in [0.25, 0.3) is 0 Å². The Balaban J connectivity index is 2.08. The van der Waals surface area contributed by atoms with Gasteiger partial charge in [-0.2, -0.15) is 0 Å². The molecule has 1 fully saturated rings. The first-order valence-electron chi connectivity index (χ1n) is 4.75. The quantitative estimate of drug-likeness (QED) is 0.608. The molecule has 2 rings (SSSR count). The van der Waals surface area contributed by atoms with Crippen LogP contribution in [0.5, 0.6) is 0 Å². The zero-order valence-electron chi connectivity index (χ0n) is 7.29. The molecular formula is C10H14BN. The standard InChI is InChI=1S/C10H14BN/c1-2-6-10(7-3-1)11-8-4-5-9-12-11/h1-3,6-7,12H,4-5,8-9H2. The second-order valence-electron chi connectivity index (χ2n) is 3.41. The minimum atomic E-state index is 0.611. The maximum atomic E-state index is 3.54. The van der Waals surface area contributed by atoms with E-state index in [9.17, 15) is 0 Å². The highest BCUT2D eigenvalue weighted by Crippen LogP contribution is 2.05. The number of hydrogen-bond donors (Lipinski definition) is 1. The van der Waals surface area contributed by atoms with Crippen molar-refractivity contribution >= 4 is 12.3 Å². The second-order valence-corrected chi connectivity index (χ2v) is 3.41. The number of rotatable bonds is 1. The molecule has 1 nitrogen and oxygen atoms in total. The van der Waals surface area contributed by atoms with Gasteiger partial charge in [0.2, 0.25) is 0 Å². The van der Waals surface area contributed by atoms with E-state index in [0.29, 0.717) is 6.85 Å². The van der Waals surface area contributed by atoms with Gasteiger partial charge in [-0.1, -0.05) is 48.5 Å². The average molecular weight is 159 g/mol. The first-order chi connectivity index (χ1) is 5.97. The van der Waals surface area contributed by atoms with Crippen molar-refractivity contribution < 1.29 is 0 Å². The van der Waals surface area contributed by atoms with E-state index in [0.717, 1.165) is 0 Å². The monoisotopic (exact) mass is 159 g/mol. The molecule has 62 valence electrons. The van der Waals surface area contributed by atoms with Gasteiger partial charge in [0.25, 0.3) is 6.85 Å². The topological polar surface area (TPSA) is 12.0 Å². The summed E-state index contributed by atoms with van der Waals surface area (Å²) in [6.07, 6.45) is 4.00. The van der Waals surface area contributed by atoms with Crippen LogP contribution in [0.2, 0.25) is 6.32 Å². The van der Waals surface area contributed by atoms with Crippen molar-refractivity contribution in [2.24, 2.45) is 0 Å². The molecule has 2 heteroatoms. The molecule has 0 saturated carbocycles.